The van der Waals surface area contributed by atoms with Crippen LogP contribution in [0.25, 0.3) is 0 Å². The summed E-state index contributed by atoms with van der Waals surface area (Å²) in [6, 6.07) is 18.9. The summed E-state index contributed by atoms with van der Waals surface area (Å²) in [5.74, 6) is -0.147. The Labute approximate surface area is 137 Å². The number of halogens is 1. The molecule has 0 aliphatic heterocycles. The van der Waals surface area contributed by atoms with E-state index in [2.05, 4.69) is 5.32 Å². The maximum Gasteiger partial charge on any atom is 0.261 e. The molecule has 0 radical (unpaired) electrons. The van der Waals surface area contributed by atoms with E-state index >= 15 is 0 Å². The summed E-state index contributed by atoms with van der Waals surface area (Å²) < 4.78 is 12.3. The van der Waals surface area contributed by atoms with Crippen molar-refractivity contribution in [2.75, 3.05) is 0 Å². The third-order valence-electron chi connectivity index (χ3n) is 3.00. The molecule has 0 aliphatic carbocycles. The van der Waals surface area contributed by atoms with Gasteiger partial charge in [-0.1, -0.05) is 72.3 Å². The fourth-order valence-electron chi connectivity index (χ4n) is 1.87. The van der Waals surface area contributed by atoms with Crippen molar-refractivity contribution in [1.29, 1.82) is 0 Å². The molecule has 5 heteroatoms. The van der Waals surface area contributed by atoms with E-state index in [1.807, 2.05) is 60.7 Å². The van der Waals surface area contributed by atoms with Gasteiger partial charge in [0.15, 0.2) is 0 Å². The lowest BCUT2D eigenvalue weighted by molar-refractivity contribution is -0.117. The van der Waals surface area contributed by atoms with Gasteiger partial charge in [0.25, 0.3) is 5.91 Å². The summed E-state index contributed by atoms with van der Waals surface area (Å²) in [5.41, 5.74) is 2.96. The van der Waals surface area contributed by atoms with Crippen LogP contribution in [0.1, 0.15) is 11.1 Å². The molecule has 3 nitrogen and oxygen atoms in total. The van der Waals surface area contributed by atoms with Crippen LogP contribution in [0.15, 0.2) is 71.1 Å². The summed E-state index contributed by atoms with van der Waals surface area (Å²) in [5, 5.41) is 2.73. The van der Waals surface area contributed by atoms with Gasteiger partial charge in [-0.25, -0.2) is 0 Å². The number of carbonyl (C=O) groups excluding carboxylic acids is 1. The van der Waals surface area contributed by atoms with Crippen molar-refractivity contribution in [1.82, 2.24) is 5.32 Å². The molecule has 2 aromatic carbocycles. The van der Waals surface area contributed by atoms with Gasteiger partial charge in [-0.3, -0.25) is 9.00 Å². The number of carbonyl (C=O) groups is 1. The Kier molecular flexibility index (Phi) is 6.37. The van der Waals surface area contributed by atoms with Gasteiger partial charge in [0.1, 0.15) is 4.91 Å². The van der Waals surface area contributed by atoms with E-state index in [4.69, 9.17) is 11.6 Å². The van der Waals surface area contributed by atoms with E-state index in [9.17, 15) is 9.00 Å². The van der Waals surface area contributed by atoms with Gasteiger partial charge in [0.05, 0.1) is 16.6 Å². The van der Waals surface area contributed by atoms with Gasteiger partial charge in [-0.05, 0) is 11.1 Å². The minimum Gasteiger partial charge on any atom is -0.347 e. The van der Waals surface area contributed by atoms with Crippen molar-refractivity contribution in [3.8, 4) is 0 Å². The third kappa shape index (κ3) is 4.83. The highest BCUT2D eigenvalue weighted by molar-refractivity contribution is 7.89. The first-order valence-electron chi connectivity index (χ1n) is 6.75. The van der Waals surface area contributed by atoms with E-state index in [0.717, 1.165) is 16.7 Å². The largest absolute Gasteiger partial charge is 0.347 e. The fourth-order valence-corrected chi connectivity index (χ4v) is 3.30. The van der Waals surface area contributed by atoms with Crippen molar-refractivity contribution in [2.45, 2.75) is 12.3 Å². The Morgan fingerprint density at radius 3 is 2.09 bits per heavy atom. The van der Waals surface area contributed by atoms with E-state index in [1.165, 1.54) is 0 Å². The highest BCUT2D eigenvalue weighted by Crippen LogP contribution is 2.12. The Morgan fingerprint density at radius 2 is 1.55 bits per heavy atom. The molecule has 0 spiro atoms. The predicted molar refractivity (Wildman–Crippen MR) is 90.5 cm³/mol. The molecule has 114 valence electrons. The molecule has 1 amide bonds. The summed E-state index contributed by atoms with van der Waals surface area (Å²) in [7, 11) is -1.48. The van der Waals surface area contributed by atoms with Crippen molar-refractivity contribution in [3.63, 3.8) is 0 Å². The van der Waals surface area contributed by atoms with E-state index in [1.54, 1.807) is 0 Å². The Balaban J connectivity index is 1.96. The Hall–Kier alpha value is -1.91. The molecule has 0 saturated heterocycles. The second-order valence-corrected chi connectivity index (χ2v) is 6.25. The molecular weight excluding hydrogens is 318 g/mol. The van der Waals surface area contributed by atoms with Crippen molar-refractivity contribution in [3.05, 3.63) is 82.2 Å². The molecule has 22 heavy (non-hydrogen) atoms. The maximum atomic E-state index is 12.3. The maximum absolute atomic E-state index is 12.3. The first kappa shape index (κ1) is 16.5. The summed E-state index contributed by atoms with van der Waals surface area (Å²) in [6.07, 6.45) is 0. The molecule has 0 heterocycles. The number of amides is 1. The predicted octanol–water partition coefficient (Wildman–Crippen LogP) is 3.33. The Morgan fingerprint density at radius 1 is 1.00 bits per heavy atom. The monoisotopic (exact) mass is 333 g/mol. The van der Waals surface area contributed by atoms with E-state index in [0.29, 0.717) is 6.54 Å². The van der Waals surface area contributed by atoms with Crippen LogP contribution in [0, 0.1) is 0 Å². The average Bonchev–Trinajstić information content (AvgIpc) is 2.55. The molecule has 1 N–H and O–H groups in total. The summed E-state index contributed by atoms with van der Waals surface area (Å²) in [6.45, 7) is 0.371. The number of hydrogen-bond donors (Lipinski definition) is 1. The van der Waals surface area contributed by atoms with Gasteiger partial charge in [0, 0.05) is 12.1 Å². The lowest BCUT2D eigenvalue weighted by atomic mass is 10.2. The number of hydrogen-bond acceptors (Lipinski definition) is 2. The Bertz CT molecular complexity index is 672. The minimum absolute atomic E-state index is 0.0847. The first-order valence-corrected chi connectivity index (χ1v) is 8.51. The molecule has 0 bridgehead atoms. The van der Waals surface area contributed by atoms with Crippen LogP contribution in [0.5, 0.6) is 0 Å². The zero-order valence-electron chi connectivity index (χ0n) is 11.9. The topological polar surface area (TPSA) is 46.2 Å². The lowest BCUT2D eigenvalue weighted by Gasteiger charge is -2.08. The van der Waals surface area contributed by atoms with Crippen molar-refractivity contribution < 1.29 is 9.00 Å². The standard InChI is InChI=1S/C17H16ClNO2S/c18-11-16(22(21)13-15-9-5-2-6-10-15)17(20)19-12-14-7-3-1-4-8-14/h1-11H,12-13H2,(H,19,20)/b16-11-. The number of nitrogens with one attached hydrogen (secondary N) is 1. The summed E-state index contributed by atoms with van der Waals surface area (Å²) >= 11 is 5.69. The van der Waals surface area contributed by atoms with Gasteiger partial charge < -0.3 is 5.32 Å². The molecule has 2 aromatic rings. The van der Waals surface area contributed by atoms with Crippen LogP contribution < -0.4 is 5.32 Å². The van der Waals surface area contributed by atoms with Gasteiger partial charge in [0.2, 0.25) is 0 Å². The van der Waals surface area contributed by atoms with Crippen LogP contribution >= 0.6 is 11.6 Å². The van der Waals surface area contributed by atoms with Crippen molar-refractivity contribution >= 4 is 28.3 Å². The molecule has 1 unspecified atom stereocenters. The van der Waals surface area contributed by atoms with Crippen LogP contribution in [-0.4, -0.2) is 10.1 Å². The fraction of sp³-hybridized carbons (Fsp3) is 0.118. The average molecular weight is 334 g/mol. The minimum atomic E-state index is -1.48. The lowest BCUT2D eigenvalue weighted by Crippen LogP contribution is -2.26. The zero-order valence-corrected chi connectivity index (χ0v) is 13.4. The molecule has 0 saturated carbocycles. The SMILES string of the molecule is O=C(NCc1ccccc1)/C(=C/Cl)S(=O)Cc1ccccc1. The normalized spacial score (nSPS) is 12.7. The van der Waals surface area contributed by atoms with Gasteiger partial charge >= 0.3 is 0 Å². The molecular formula is C17H16ClNO2S. The molecule has 0 fully saturated rings. The highest BCUT2D eigenvalue weighted by atomic mass is 35.5. The van der Waals surface area contributed by atoms with Crippen LogP contribution in [0.3, 0.4) is 0 Å². The molecule has 2 rings (SSSR count). The highest BCUT2D eigenvalue weighted by Gasteiger charge is 2.16. The van der Waals surface area contributed by atoms with Crippen LogP contribution in [-0.2, 0) is 27.9 Å². The van der Waals surface area contributed by atoms with E-state index < -0.39 is 16.7 Å². The number of rotatable bonds is 6. The first-order chi connectivity index (χ1) is 10.7. The number of benzene rings is 2. The van der Waals surface area contributed by atoms with Gasteiger partial charge in [-0.2, -0.15) is 0 Å². The summed E-state index contributed by atoms with van der Waals surface area (Å²) in [4.78, 5) is 12.2. The smallest absolute Gasteiger partial charge is 0.261 e. The third-order valence-corrected chi connectivity index (χ3v) is 4.74. The molecule has 1 atom stereocenters. The second-order valence-electron chi connectivity index (χ2n) is 4.62. The van der Waals surface area contributed by atoms with Crippen molar-refractivity contribution in [2.24, 2.45) is 0 Å². The second kappa shape index (κ2) is 8.51. The van der Waals surface area contributed by atoms with Crippen LogP contribution in [0.4, 0.5) is 0 Å². The molecule has 0 aliphatic rings. The van der Waals surface area contributed by atoms with Gasteiger partial charge in [-0.15, -0.1) is 0 Å². The van der Waals surface area contributed by atoms with Crippen LogP contribution in [0.2, 0.25) is 0 Å². The molecule has 0 aromatic heterocycles. The quantitative estimate of drug-likeness (QED) is 0.824. The van der Waals surface area contributed by atoms with E-state index in [-0.39, 0.29) is 10.7 Å². The zero-order chi connectivity index (χ0) is 15.8.